The molecule has 2 aromatic carbocycles. The molecule has 2 aromatic rings. The zero-order valence-corrected chi connectivity index (χ0v) is 16.4. The van der Waals surface area contributed by atoms with Gasteiger partial charge in [0.2, 0.25) is 5.91 Å². The number of nitriles is 2. The Balaban J connectivity index is 1.46. The molecule has 1 aliphatic rings. The molecule has 0 bridgehead atoms. The zero-order valence-electron chi connectivity index (χ0n) is 16.4. The van der Waals surface area contributed by atoms with E-state index < -0.39 is 0 Å². The van der Waals surface area contributed by atoms with Crippen LogP contribution in [0.15, 0.2) is 48.5 Å². The SMILES string of the molecule is N#Cc1cccc(OCCCN2CCC(=O)N(Cc3ccccc3C#N)CC2)c1. The van der Waals surface area contributed by atoms with Crippen LogP contribution in [0.2, 0.25) is 0 Å². The molecular formula is C23H24N4O2. The zero-order chi connectivity index (χ0) is 20.5. The third-order valence-corrected chi connectivity index (χ3v) is 5.03. The van der Waals surface area contributed by atoms with Gasteiger partial charge in [0.25, 0.3) is 0 Å². The largest absolute Gasteiger partial charge is 0.494 e. The second-order valence-corrected chi connectivity index (χ2v) is 7.02. The van der Waals surface area contributed by atoms with Crippen molar-refractivity contribution in [2.75, 3.05) is 32.8 Å². The molecule has 1 amide bonds. The molecule has 148 valence electrons. The number of amides is 1. The van der Waals surface area contributed by atoms with Crippen LogP contribution in [0.5, 0.6) is 5.75 Å². The fourth-order valence-corrected chi connectivity index (χ4v) is 3.41. The molecule has 6 nitrogen and oxygen atoms in total. The number of benzene rings is 2. The van der Waals surface area contributed by atoms with Crippen molar-refractivity contribution < 1.29 is 9.53 Å². The molecule has 1 heterocycles. The van der Waals surface area contributed by atoms with Crippen molar-refractivity contribution in [3.8, 4) is 17.9 Å². The molecule has 0 atom stereocenters. The van der Waals surface area contributed by atoms with E-state index in [9.17, 15) is 10.1 Å². The fraction of sp³-hybridized carbons (Fsp3) is 0.348. The minimum Gasteiger partial charge on any atom is -0.494 e. The lowest BCUT2D eigenvalue weighted by molar-refractivity contribution is -0.130. The molecule has 0 N–H and O–H groups in total. The number of hydrogen-bond acceptors (Lipinski definition) is 5. The van der Waals surface area contributed by atoms with Crippen molar-refractivity contribution in [1.82, 2.24) is 9.80 Å². The van der Waals surface area contributed by atoms with Gasteiger partial charge in [0.15, 0.2) is 0 Å². The van der Waals surface area contributed by atoms with Gasteiger partial charge in [-0.25, -0.2) is 0 Å². The minimum absolute atomic E-state index is 0.129. The molecule has 29 heavy (non-hydrogen) atoms. The summed E-state index contributed by atoms with van der Waals surface area (Å²) in [5, 5.41) is 18.2. The lowest BCUT2D eigenvalue weighted by Gasteiger charge is -2.22. The van der Waals surface area contributed by atoms with Gasteiger partial charge in [0.1, 0.15) is 5.75 Å². The van der Waals surface area contributed by atoms with Crippen LogP contribution in [0.1, 0.15) is 29.5 Å². The van der Waals surface area contributed by atoms with E-state index in [1.165, 1.54) is 0 Å². The third-order valence-electron chi connectivity index (χ3n) is 5.03. The van der Waals surface area contributed by atoms with Crippen LogP contribution < -0.4 is 4.74 Å². The van der Waals surface area contributed by atoms with Gasteiger partial charge in [-0.15, -0.1) is 0 Å². The van der Waals surface area contributed by atoms with Crippen LogP contribution in [0.4, 0.5) is 0 Å². The van der Waals surface area contributed by atoms with Gasteiger partial charge in [-0.3, -0.25) is 4.79 Å². The molecule has 0 spiro atoms. The molecule has 6 heteroatoms. The summed E-state index contributed by atoms with van der Waals surface area (Å²) in [6.07, 6.45) is 1.34. The van der Waals surface area contributed by atoms with Crippen molar-refractivity contribution >= 4 is 5.91 Å². The average molecular weight is 388 g/mol. The van der Waals surface area contributed by atoms with Crippen molar-refractivity contribution in [2.24, 2.45) is 0 Å². The number of carbonyl (C=O) groups excluding carboxylic acids is 1. The Morgan fingerprint density at radius 1 is 1.00 bits per heavy atom. The summed E-state index contributed by atoms with van der Waals surface area (Å²) < 4.78 is 5.73. The van der Waals surface area contributed by atoms with E-state index in [2.05, 4.69) is 17.0 Å². The average Bonchev–Trinajstić information content (AvgIpc) is 2.93. The first-order valence-electron chi connectivity index (χ1n) is 9.80. The van der Waals surface area contributed by atoms with Gasteiger partial charge < -0.3 is 14.5 Å². The number of rotatable bonds is 7. The van der Waals surface area contributed by atoms with Crippen LogP contribution in [0.3, 0.4) is 0 Å². The normalized spacial score (nSPS) is 14.7. The first kappa shape index (κ1) is 20.4. The standard InChI is InChI=1S/C23H24N4O2/c24-16-19-5-3-8-22(15-19)29-14-4-10-26-11-9-23(28)27(13-12-26)18-21-7-2-1-6-20(21)17-25/h1-3,5-8,15H,4,9-14,18H2. The monoisotopic (exact) mass is 388 g/mol. The molecule has 0 saturated carbocycles. The Hall–Kier alpha value is -3.35. The minimum atomic E-state index is 0.129. The first-order valence-corrected chi connectivity index (χ1v) is 9.80. The summed E-state index contributed by atoms with van der Waals surface area (Å²) in [6.45, 7) is 4.11. The number of ether oxygens (including phenoxy) is 1. The molecule has 0 aliphatic carbocycles. The number of hydrogen-bond donors (Lipinski definition) is 0. The topological polar surface area (TPSA) is 80.4 Å². The highest BCUT2D eigenvalue weighted by molar-refractivity contribution is 5.76. The quantitative estimate of drug-likeness (QED) is 0.681. The summed E-state index contributed by atoms with van der Waals surface area (Å²) >= 11 is 0. The summed E-state index contributed by atoms with van der Waals surface area (Å²) in [7, 11) is 0. The van der Waals surface area contributed by atoms with Gasteiger partial charge in [-0.1, -0.05) is 24.3 Å². The van der Waals surface area contributed by atoms with Crippen molar-refractivity contribution in [1.29, 1.82) is 10.5 Å². The lowest BCUT2D eigenvalue weighted by atomic mass is 10.1. The van der Waals surface area contributed by atoms with Crippen LogP contribution in [-0.4, -0.2) is 48.5 Å². The van der Waals surface area contributed by atoms with Gasteiger partial charge in [0, 0.05) is 39.1 Å². The second kappa shape index (κ2) is 10.3. The van der Waals surface area contributed by atoms with Crippen molar-refractivity contribution in [3.63, 3.8) is 0 Å². The molecule has 1 fully saturated rings. The van der Waals surface area contributed by atoms with Crippen LogP contribution in [0, 0.1) is 22.7 Å². The number of carbonyl (C=O) groups is 1. The predicted molar refractivity (Wildman–Crippen MR) is 109 cm³/mol. The van der Waals surface area contributed by atoms with Gasteiger partial charge >= 0.3 is 0 Å². The highest BCUT2D eigenvalue weighted by atomic mass is 16.5. The molecule has 0 unspecified atom stereocenters. The summed E-state index contributed by atoms with van der Waals surface area (Å²) in [4.78, 5) is 16.6. The Labute approximate surface area is 171 Å². The second-order valence-electron chi connectivity index (χ2n) is 7.02. The van der Waals surface area contributed by atoms with E-state index in [4.69, 9.17) is 10.00 Å². The maximum atomic E-state index is 12.5. The van der Waals surface area contributed by atoms with E-state index >= 15 is 0 Å². The Morgan fingerprint density at radius 3 is 2.69 bits per heavy atom. The smallest absolute Gasteiger partial charge is 0.224 e. The van der Waals surface area contributed by atoms with E-state index in [1.54, 1.807) is 18.2 Å². The molecule has 3 rings (SSSR count). The van der Waals surface area contributed by atoms with E-state index in [1.807, 2.05) is 35.2 Å². The Bertz CT molecular complexity index is 929. The summed E-state index contributed by atoms with van der Waals surface area (Å²) in [5.74, 6) is 0.835. The van der Waals surface area contributed by atoms with Gasteiger partial charge in [-0.05, 0) is 36.2 Å². The highest BCUT2D eigenvalue weighted by Crippen LogP contribution is 2.15. The third kappa shape index (κ3) is 5.81. The fourth-order valence-electron chi connectivity index (χ4n) is 3.41. The molecule has 0 radical (unpaired) electrons. The number of nitrogens with zero attached hydrogens (tertiary/aromatic N) is 4. The van der Waals surface area contributed by atoms with E-state index in [0.29, 0.717) is 43.0 Å². The van der Waals surface area contributed by atoms with Crippen LogP contribution in [0.25, 0.3) is 0 Å². The van der Waals surface area contributed by atoms with E-state index in [-0.39, 0.29) is 5.91 Å². The summed E-state index contributed by atoms with van der Waals surface area (Å²) in [5.41, 5.74) is 2.11. The molecule has 0 aromatic heterocycles. The first-order chi connectivity index (χ1) is 14.2. The maximum Gasteiger partial charge on any atom is 0.224 e. The summed E-state index contributed by atoms with van der Waals surface area (Å²) in [6, 6.07) is 18.9. The lowest BCUT2D eigenvalue weighted by Crippen LogP contribution is -2.33. The van der Waals surface area contributed by atoms with E-state index in [0.717, 1.165) is 31.6 Å². The van der Waals surface area contributed by atoms with Gasteiger partial charge in [0.05, 0.1) is 29.9 Å². The Kier molecular flexibility index (Phi) is 7.22. The predicted octanol–water partition coefficient (Wildman–Crippen LogP) is 2.93. The van der Waals surface area contributed by atoms with Crippen LogP contribution in [-0.2, 0) is 11.3 Å². The molecule has 1 aliphatic heterocycles. The maximum absolute atomic E-state index is 12.5. The van der Waals surface area contributed by atoms with Crippen LogP contribution >= 0.6 is 0 Å². The Morgan fingerprint density at radius 2 is 1.86 bits per heavy atom. The molecular weight excluding hydrogens is 364 g/mol. The van der Waals surface area contributed by atoms with Crippen molar-refractivity contribution in [2.45, 2.75) is 19.4 Å². The van der Waals surface area contributed by atoms with Gasteiger partial charge in [-0.2, -0.15) is 10.5 Å². The highest BCUT2D eigenvalue weighted by Gasteiger charge is 2.21. The molecule has 1 saturated heterocycles. The van der Waals surface area contributed by atoms with Crippen molar-refractivity contribution in [3.05, 3.63) is 65.2 Å².